The topological polar surface area (TPSA) is 62.7 Å². The summed E-state index contributed by atoms with van der Waals surface area (Å²) in [4.78, 5) is 7.00. The Hall–Kier alpha value is -1.64. The average molecular weight is 365 g/mol. The summed E-state index contributed by atoms with van der Waals surface area (Å²) in [6.07, 6.45) is 2.00. The summed E-state index contributed by atoms with van der Waals surface area (Å²) >= 11 is 1.64. The molecular weight excluding hydrogens is 346 g/mol. The standard InChI is InChI=1S/C16H19N3O3S2/c1-24(20,21)19-5-4-13-10-12(2-3-15(13)19)14-11-23-16(17-14)18-6-8-22-9-7-18/h2-3,10-11H,4-9H2,1H3. The molecule has 24 heavy (non-hydrogen) atoms. The molecule has 2 aliphatic heterocycles. The molecule has 8 heteroatoms. The van der Waals surface area contributed by atoms with Crippen molar-refractivity contribution in [3.05, 3.63) is 29.1 Å². The summed E-state index contributed by atoms with van der Waals surface area (Å²) in [5, 5.41) is 3.09. The molecule has 1 aromatic heterocycles. The fraction of sp³-hybridized carbons (Fsp3) is 0.438. The molecule has 0 bridgehead atoms. The van der Waals surface area contributed by atoms with Crippen molar-refractivity contribution in [2.75, 3.05) is 48.3 Å². The number of rotatable bonds is 3. The number of hydrogen-bond acceptors (Lipinski definition) is 6. The van der Waals surface area contributed by atoms with Crippen LogP contribution in [0.1, 0.15) is 5.56 Å². The lowest BCUT2D eigenvalue weighted by Crippen LogP contribution is -2.36. The quantitative estimate of drug-likeness (QED) is 0.832. The number of thiazole rings is 1. The van der Waals surface area contributed by atoms with E-state index >= 15 is 0 Å². The van der Waals surface area contributed by atoms with Crippen molar-refractivity contribution in [1.29, 1.82) is 0 Å². The van der Waals surface area contributed by atoms with Gasteiger partial charge in [-0.15, -0.1) is 11.3 Å². The molecule has 0 N–H and O–H groups in total. The number of fused-ring (bicyclic) bond motifs is 1. The van der Waals surface area contributed by atoms with Gasteiger partial charge in [-0.05, 0) is 24.1 Å². The number of sulfonamides is 1. The van der Waals surface area contributed by atoms with Crippen LogP contribution in [-0.4, -0.2) is 52.5 Å². The molecule has 2 aromatic rings. The fourth-order valence-corrected chi connectivity index (χ4v) is 5.02. The maximum Gasteiger partial charge on any atom is 0.232 e. The van der Waals surface area contributed by atoms with Gasteiger partial charge in [0.15, 0.2) is 5.13 Å². The Morgan fingerprint density at radius 1 is 1.21 bits per heavy atom. The summed E-state index contributed by atoms with van der Waals surface area (Å²) < 4.78 is 30.5. The second-order valence-electron chi connectivity index (χ2n) is 6.04. The minimum atomic E-state index is -3.20. The highest BCUT2D eigenvalue weighted by Crippen LogP contribution is 2.35. The summed E-state index contributed by atoms with van der Waals surface area (Å²) in [7, 11) is -3.20. The van der Waals surface area contributed by atoms with Gasteiger partial charge in [-0.1, -0.05) is 6.07 Å². The normalized spacial score (nSPS) is 18.0. The van der Waals surface area contributed by atoms with Crippen molar-refractivity contribution in [2.24, 2.45) is 0 Å². The molecule has 3 heterocycles. The summed E-state index contributed by atoms with van der Waals surface area (Å²) in [6.45, 7) is 3.76. The Kier molecular flexibility index (Phi) is 3.98. The highest BCUT2D eigenvalue weighted by molar-refractivity contribution is 7.92. The van der Waals surface area contributed by atoms with E-state index in [2.05, 4.69) is 16.3 Å². The van der Waals surface area contributed by atoms with Crippen LogP contribution in [0.2, 0.25) is 0 Å². The van der Waals surface area contributed by atoms with Gasteiger partial charge in [-0.25, -0.2) is 13.4 Å². The Morgan fingerprint density at radius 3 is 2.75 bits per heavy atom. The molecule has 4 rings (SSSR count). The van der Waals surface area contributed by atoms with Crippen molar-refractivity contribution < 1.29 is 13.2 Å². The molecule has 0 spiro atoms. The fourth-order valence-electron chi connectivity index (χ4n) is 3.17. The Bertz CT molecular complexity index is 857. The largest absolute Gasteiger partial charge is 0.378 e. The maximum atomic E-state index is 11.8. The van der Waals surface area contributed by atoms with E-state index in [0.717, 1.165) is 60.4 Å². The highest BCUT2D eigenvalue weighted by Gasteiger charge is 2.26. The number of aromatic nitrogens is 1. The van der Waals surface area contributed by atoms with Crippen LogP contribution in [0.25, 0.3) is 11.3 Å². The lowest BCUT2D eigenvalue weighted by molar-refractivity contribution is 0.122. The van der Waals surface area contributed by atoms with Gasteiger partial charge in [-0.3, -0.25) is 4.31 Å². The van der Waals surface area contributed by atoms with E-state index in [9.17, 15) is 8.42 Å². The predicted octanol–water partition coefficient (Wildman–Crippen LogP) is 1.97. The van der Waals surface area contributed by atoms with E-state index in [0.29, 0.717) is 6.54 Å². The number of morpholine rings is 1. The van der Waals surface area contributed by atoms with Crippen LogP contribution in [0, 0.1) is 0 Å². The molecule has 1 saturated heterocycles. The smallest absolute Gasteiger partial charge is 0.232 e. The monoisotopic (exact) mass is 365 g/mol. The van der Waals surface area contributed by atoms with Crippen LogP contribution >= 0.6 is 11.3 Å². The minimum Gasteiger partial charge on any atom is -0.378 e. The summed E-state index contributed by atoms with van der Waals surface area (Å²) in [5.41, 5.74) is 3.85. The number of hydrogen-bond donors (Lipinski definition) is 0. The third-order valence-corrected chi connectivity index (χ3v) is 6.48. The minimum absolute atomic E-state index is 0.522. The summed E-state index contributed by atoms with van der Waals surface area (Å²) in [6, 6.07) is 5.92. The molecule has 0 atom stereocenters. The highest BCUT2D eigenvalue weighted by atomic mass is 32.2. The Morgan fingerprint density at radius 2 is 2.00 bits per heavy atom. The Labute approximate surface area is 145 Å². The second-order valence-corrected chi connectivity index (χ2v) is 8.79. The number of anilines is 2. The van der Waals surface area contributed by atoms with Crippen LogP contribution in [0.15, 0.2) is 23.6 Å². The molecule has 0 radical (unpaired) electrons. The molecule has 0 aliphatic carbocycles. The molecular formula is C16H19N3O3S2. The van der Waals surface area contributed by atoms with E-state index < -0.39 is 10.0 Å². The predicted molar refractivity (Wildman–Crippen MR) is 96.5 cm³/mol. The molecule has 6 nitrogen and oxygen atoms in total. The first kappa shape index (κ1) is 15.9. The molecule has 0 amide bonds. The van der Waals surface area contributed by atoms with Crippen molar-refractivity contribution in [3.8, 4) is 11.3 Å². The molecule has 0 saturated carbocycles. The molecule has 1 aromatic carbocycles. The first-order valence-electron chi connectivity index (χ1n) is 7.91. The van der Waals surface area contributed by atoms with Gasteiger partial charge >= 0.3 is 0 Å². The zero-order chi connectivity index (χ0) is 16.7. The van der Waals surface area contributed by atoms with Crippen LogP contribution < -0.4 is 9.21 Å². The number of benzene rings is 1. The zero-order valence-corrected chi connectivity index (χ0v) is 15.1. The lowest BCUT2D eigenvalue weighted by atomic mass is 10.1. The van der Waals surface area contributed by atoms with Crippen molar-refractivity contribution in [3.63, 3.8) is 0 Å². The molecule has 128 valence electrons. The first-order chi connectivity index (χ1) is 11.5. The third kappa shape index (κ3) is 2.89. The van der Waals surface area contributed by atoms with Gasteiger partial charge in [0.05, 0.1) is 30.9 Å². The van der Waals surface area contributed by atoms with E-state index in [1.807, 2.05) is 12.1 Å². The van der Waals surface area contributed by atoms with Crippen LogP contribution in [0.4, 0.5) is 10.8 Å². The maximum absolute atomic E-state index is 11.8. The Balaban J connectivity index is 1.61. The van der Waals surface area contributed by atoms with Gasteiger partial charge in [0.1, 0.15) is 0 Å². The first-order valence-corrected chi connectivity index (χ1v) is 10.6. The average Bonchev–Trinajstić information content (AvgIpc) is 3.21. The van der Waals surface area contributed by atoms with Gasteiger partial charge in [0.25, 0.3) is 0 Å². The zero-order valence-electron chi connectivity index (χ0n) is 13.4. The van der Waals surface area contributed by atoms with Crippen molar-refractivity contribution in [2.45, 2.75) is 6.42 Å². The van der Waals surface area contributed by atoms with E-state index in [-0.39, 0.29) is 0 Å². The van der Waals surface area contributed by atoms with Crippen LogP contribution in [0.5, 0.6) is 0 Å². The molecule has 1 fully saturated rings. The van der Waals surface area contributed by atoms with Gasteiger partial charge in [-0.2, -0.15) is 0 Å². The lowest BCUT2D eigenvalue weighted by Gasteiger charge is -2.26. The molecule has 2 aliphatic rings. The SMILES string of the molecule is CS(=O)(=O)N1CCc2cc(-c3csc(N4CCOCC4)n3)ccc21. The van der Waals surface area contributed by atoms with Crippen LogP contribution in [-0.2, 0) is 21.2 Å². The van der Waals surface area contributed by atoms with Crippen molar-refractivity contribution in [1.82, 2.24) is 4.98 Å². The van der Waals surface area contributed by atoms with Gasteiger partial charge < -0.3 is 9.64 Å². The van der Waals surface area contributed by atoms with Gasteiger partial charge in [0, 0.05) is 30.6 Å². The van der Waals surface area contributed by atoms with Crippen molar-refractivity contribution >= 4 is 32.2 Å². The number of nitrogens with zero attached hydrogens (tertiary/aromatic N) is 3. The van der Waals surface area contributed by atoms with E-state index in [4.69, 9.17) is 9.72 Å². The summed E-state index contributed by atoms with van der Waals surface area (Å²) in [5.74, 6) is 0. The second kappa shape index (κ2) is 6.02. The number of ether oxygens (including phenoxy) is 1. The van der Waals surface area contributed by atoms with Crippen LogP contribution in [0.3, 0.4) is 0 Å². The van der Waals surface area contributed by atoms with Gasteiger partial charge in [0.2, 0.25) is 10.0 Å². The third-order valence-electron chi connectivity index (χ3n) is 4.40. The van der Waals surface area contributed by atoms with E-state index in [1.54, 1.807) is 11.3 Å². The molecule has 0 unspecified atom stereocenters. The van der Waals surface area contributed by atoms with E-state index in [1.165, 1.54) is 10.6 Å².